The van der Waals surface area contributed by atoms with E-state index in [1.165, 1.54) is 6.42 Å². The van der Waals surface area contributed by atoms with Crippen LogP contribution >= 0.6 is 0 Å². The fourth-order valence-electron chi connectivity index (χ4n) is 6.45. The number of carbonyl (C=O) groups excluding carboxylic acids is 1. The van der Waals surface area contributed by atoms with Gasteiger partial charge in [-0.1, -0.05) is 42.5 Å². The first-order chi connectivity index (χ1) is 14.4. The number of hydrogen-bond acceptors (Lipinski definition) is 3. The lowest BCUT2D eigenvalue weighted by Crippen LogP contribution is -2.56. The number of fused-ring (bicyclic) bond motifs is 1. The number of carboxylic acids is 1. The first kappa shape index (κ1) is 19.4. The van der Waals surface area contributed by atoms with Gasteiger partial charge < -0.3 is 15.2 Å². The second kappa shape index (κ2) is 7.29. The van der Waals surface area contributed by atoms with Crippen LogP contribution in [0.15, 0.2) is 42.5 Å². The molecule has 4 saturated carbocycles. The number of rotatable bonds is 5. The molecule has 0 saturated heterocycles. The molecule has 1 atom stereocenters. The van der Waals surface area contributed by atoms with Crippen molar-refractivity contribution in [2.45, 2.75) is 57.1 Å². The third-order valence-corrected chi connectivity index (χ3v) is 7.66. The zero-order chi connectivity index (χ0) is 20.9. The predicted octanol–water partition coefficient (Wildman–Crippen LogP) is 4.78. The molecule has 4 fully saturated rings. The molecule has 0 aliphatic heterocycles. The Bertz CT molecular complexity index is 953. The van der Waals surface area contributed by atoms with E-state index in [0.717, 1.165) is 53.9 Å². The number of amides is 1. The van der Waals surface area contributed by atoms with Crippen LogP contribution in [0.5, 0.6) is 0 Å². The summed E-state index contributed by atoms with van der Waals surface area (Å²) in [6.45, 7) is 1.56. The lowest BCUT2D eigenvalue weighted by Gasteiger charge is -2.53. The monoisotopic (exact) mass is 407 g/mol. The van der Waals surface area contributed by atoms with Gasteiger partial charge in [-0.05, 0) is 79.0 Å². The largest absolute Gasteiger partial charge is 0.480 e. The summed E-state index contributed by atoms with van der Waals surface area (Å²) in [6, 6.07) is 13.7. The molecule has 2 N–H and O–H groups in total. The molecule has 1 unspecified atom stereocenters. The second-order valence-corrected chi connectivity index (χ2v) is 9.88. The van der Waals surface area contributed by atoms with Gasteiger partial charge in [0.25, 0.3) is 0 Å². The lowest BCUT2D eigenvalue weighted by molar-refractivity contribution is -0.144. The Morgan fingerprint density at radius 3 is 2.30 bits per heavy atom. The molecule has 2 aromatic rings. The van der Waals surface area contributed by atoms with E-state index < -0.39 is 17.6 Å². The molecule has 6 rings (SSSR count). The molecule has 5 nitrogen and oxygen atoms in total. The molecule has 158 valence electrons. The topological polar surface area (TPSA) is 75.6 Å². The second-order valence-electron chi connectivity index (χ2n) is 9.88. The van der Waals surface area contributed by atoms with Gasteiger partial charge in [-0.2, -0.15) is 0 Å². The summed E-state index contributed by atoms with van der Waals surface area (Å²) < 4.78 is 5.88. The van der Waals surface area contributed by atoms with Crippen molar-refractivity contribution >= 4 is 22.8 Å². The smallest absolute Gasteiger partial charge is 0.408 e. The van der Waals surface area contributed by atoms with Crippen LogP contribution in [-0.4, -0.2) is 28.8 Å². The number of carbonyl (C=O) groups is 2. The Balaban J connectivity index is 1.32. The maximum atomic E-state index is 12.8. The average molecular weight is 408 g/mol. The Labute approximate surface area is 176 Å². The summed E-state index contributed by atoms with van der Waals surface area (Å²) in [5, 5.41) is 14.7. The molecule has 0 aromatic heterocycles. The van der Waals surface area contributed by atoms with E-state index in [9.17, 15) is 14.7 Å². The molecule has 0 radical (unpaired) electrons. The zero-order valence-electron chi connectivity index (χ0n) is 17.3. The Kier molecular flexibility index (Phi) is 4.72. The van der Waals surface area contributed by atoms with Crippen molar-refractivity contribution in [3.8, 4) is 0 Å². The van der Waals surface area contributed by atoms with Crippen molar-refractivity contribution in [3.05, 3.63) is 48.0 Å². The number of carboxylic acid groups (broad SMARTS) is 1. The third kappa shape index (κ3) is 3.44. The van der Waals surface area contributed by atoms with E-state index in [0.29, 0.717) is 11.8 Å². The summed E-state index contributed by atoms with van der Waals surface area (Å²) in [7, 11) is 0. The molecule has 0 heterocycles. The molecule has 2 aromatic carbocycles. The van der Waals surface area contributed by atoms with Crippen molar-refractivity contribution in [1.82, 2.24) is 5.32 Å². The van der Waals surface area contributed by atoms with E-state index in [4.69, 9.17) is 4.74 Å². The first-order valence-electron chi connectivity index (χ1n) is 11.1. The van der Waals surface area contributed by atoms with Gasteiger partial charge in [0, 0.05) is 6.42 Å². The van der Waals surface area contributed by atoms with Gasteiger partial charge in [0.2, 0.25) is 0 Å². The Morgan fingerprint density at radius 2 is 1.63 bits per heavy atom. The highest BCUT2D eigenvalue weighted by Crippen LogP contribution is 2.54. The van der Waals surface area contributed by atoms with Crippen molar-refractivity contribution in [2.24, 2.45) is 23.7 Å². The Morgan fingerprint density at radius 1 is 1.00 bits per heavy atom. The van der Waals surface area contributed by atoms with Crippen LogP contribution < -0.4 is 5.32 Å². The van der Waals surface area contributed by atoms with E-state index in [-0.39, 0.29) is 12.5 Å². The SMILES string of the molecule is CC(Cc1cccc2ccccc12)(NC(=O)OC1C2CC3CC(C2)CC1C3)C(=O)O. The number of hydrogen-bond donors (Lipinski definition) is 2. The maximum absolute atomic E-state index is 12.8. The maximum Gasteiger partial charge on any atom is 0.408 e. The summed E-state index contributed by atoms with van der Waals surface area (Å²) in [5.74, 6) is 1.43. The van der Waals surface area contributed by atoms with Crippen LogP contribution in [0.25, 0.3) is 10.8 Å². The minimum absolute atomic E-state index is 0.0617. The number of alkyl carbamates (subject to hydrolysis) is 1. The lowest BCUT2D eigenvalue weighted by atomic mass is 9.55. The molecule has 4 bridgehead atoms. The minimum Gasteiger partial charge on any atom is -0.480 e. The van der Waals surface area contributed by atoms with E-state index in [1.807, 2.05) is 42.5 Å². The molecule has 1 amide bonds. The molecule has 30 heavy (non-hydrogen) atoms. The number of nitrogens with one attached hydrogen (secondary N) is 1. The summed E-state index contributed by atoms with van der Waals surface area (Å²) >= 11 is 0. The quantitative estimate of drug-likeness (QED) is 0.748. The van der Waals surface area contributed by atoms with Crippen LogP contribution in [0.3, 0.4) is 0 Å². The zero-order valence-corrected chi connectivity index (χ0v) is 17.3. The van der Waals surface area contributed by atoms with Gasteiger partial charge in [-0.25, -0.2) is 9.59 Å². The van der Waals surface area contributed by atoms with E-state index in [1.54, 1.807) is 6.92 Å². The predicted molar refractivity (Wildman–Crippen MR) is 114 cm³/mol. The highest BCUT2D eigenvalue weighted by molar-refractivity contribution is 5.88. The van der Waals surface area contributed by atoms with Crippen molar-refractivity contribution in [1.29, 1.82) is 0 Å². The van der Waals surface area contributed by atoms with Crippen LogP contribution in [0.1, 0.15) is 44.6 Å². The van der Waals surface area contributed by atoms with Crippen molar-refractivity contribution < 1.29 is 19.4 Å². The van der Waals surface area contributed by atoms with E-state index in [2.05, 4.69) is 5.32 Å². The third-order valence-electron chi connectivity index (χ3n) is 7.66. The summed E-state index contributed by atoms with van der Waals surface area (Å²) in [6.07, 6.45) is 5.47. The fraction of sp³-hybridized carbons (Fsp3) is 0.520. The standard InChI is InChI=1S/C25H29NO4/c1-25(23(27)28,14-18-7-4-6-17-5-2-3-8-21(17)18)26-24(29)30-22-19-10-15-9-16(12-19)13-20(22)11-15/h2-8,15-16,19-20,22H,9-14H2,1H3,(H,26,29)(H,27,28). The fourth-order valence-corrected chi connectivity index (χ4v) is 6.45. The van der Waals surface area contributed by atoms with Gasteiger partial charge in [0.15, 0.2) is 0 Å². The summed E-state index contributed by atoms with van der Waals surface area (Å²) in [4.78, 5) is 25.0. The van der Waals surface area contributed by atoms with Gasteiger partial charge in [-0.3, -0.25) is 0 Å². The van der Waals surface area contributed by atoms with Crippen LogP contribution in [0, 0.1) is 23.7 Å². The highest BCUT2D eigenvalue weighted by atomic mass is 16.6. The van der Waals surface area contributed by atoms with E-state index >= 15 is 0 Å². The molecule has 5 heteroatoms. The van der Waals surface area contributed by atoms with Gasteiger partial charge in [-0.15, -0.1) is 0 Å². The van der Waals surface area contributed by atoms with Crippen molar-refractivity contribution in [3.63, 3.8) is 0 Å². The normalized spacial score (nSPS) is 31.3. The van der Waals surface area contributed by atoms with Gasteiger partial charge in [0.05, 0.1) is 0 Å². The van der Waals surface area contributed by atoms with Gasteiger partial charge in [0.1, 0.15) is 11.6 Å². The first-order valence-corrected chi connectivity index (χ1v) is 11.1. The molecule has 4 aliphatic carbocycles. The van der Waals surface area contributed by atoms with Crippen molar-refractivity contribution in [2.75, 3.05) is 0 Å². The van der Waals surface area contributed by atoms with Crippen LogP contribution in [0.4, 0.5) is 4.79 Å². The van der Waals surface area contributed by atoms with Crippen LogP contribution in [-0.2, 0) is 16.0 Å². The highest BCUT2D eigenvalue weighted by Gasteiger charge is 2.50. The number of benzene rings is 2. The van der Waals surface area contributed by atoms with Crippen LogP contribution in [0.2, 0.25) is 0 Å². The molecular weight excluding hydrogens is 378 g/mol. The summed E-state index contributed by atoms with van der Waals surface area (Å²) in [5.41, 5.74) is -0.541. The molecule has 0 spiro atoms. The number of ether oxygens (including phenoxy) is 1. The number of aliphatic carboxylic acids is 1. The minimum atomic E-state index is -1.44. The average Bonchev–Trinajstić information content (AvgIpc) is 2.70. The Hall–Kier alpha value is -2.56. The molecular formula is C25H29NO4. The molecule has 4 aliphatic rings. The van der Waals surface area contributed by atoms with Gasteiger partial charge >= 0.3 is 12.1 Å².